The molecule has 0 amide bonds. The van der Waals surface area contributed by atoms with Gasteiger partial charge in [0.2, 0.25) is 0 Å². The highest BCUT2D eigenvalue weighted by atomic mass is 32.2. The maximum Gasteiger partial charge on any atom is 0.184 e. The van der Waals surface area contributed by atoms with E-state index >= 15 is 0 Å². The molecular formula is C18H29NO6S2. The average molecular weight is 420 g/mol. The van der Waals surface area contributed by atoms with Crippen LogP contribution in [0.5, 0.6) is 5.75 Å². The second-order valence-corrected chi connectivity index (χ2v) is 11.1. The van der Waals surface area contributed by atoms with E-state index < -0.39 is 31.0 Å². The van der Waals surface area contributed by atoms with Crippen molar-refractivity contribution in [3.63, 3.8) is 0 Å². The summed E-state index contributed by atoms with van der Waals surface area (Å²) in [6, 6.07) is 2.62. The summed E-state index contributed by atoms with van der Waals surface area (Å²) in [4.78, 5) is 0.170. The first-order chi connectivity index (χ1) is 12.6. The van der Waals surface area contributed by atoms with Crippen molar-refractivity contribution < 1.29 is 26.3 Å². The first-order valence-electron chi connectivity index (χ1n) is 9.03. The molecule has 1 aliphatic rings. The van der Waals surface area contributed by atoms with Gasteiger partial charge in [-0.05, 0) is 57.0 Å². The van der Waals surface area contributed by atoms with Gasteiger partial charge in [-0.15, -0.1) is 0 Å². The molecule has 1 N–H and O–H groups in total. The molecule has 1 aromatic carbocycles. The van der Waals surface area contributed by atoms with E-state index in [1.165, 1.54) is 7.11 Å². The van der Waals surface area contributed by atoms with E-state index in [0.29, 0.717) is 43.1 Å². The van der Waals surface area contributed by atoms with Crippen LogP contribution in [0.15, 0.2) is 17.0 Å². The van der Waals surface area contributed by atoms with Crippen LogP contribution in [0.1, 0.15) is 24.5 Å². The molecule has 27 heavy (non-hydrogen) atoms. The molecule has 154 valence electrons. The third-order valence-corrected chi connectivity index (χ3v) is 9.06. The van der Waals surface area contributed by atoms with Crippen LogP contribution in [0, 0.1) is 13.8 Å². The minimum absolute atomic E-state index is 0.167. The zero-order valence-electron chi connectivity index (χ0n) is 16.3. The second kappa shape index (κ2) is 8.89. The molecule has 1 heterocycles. The summed E-state index contributed by atoms with van der Waals surface area (Å²) < 4.78 is 61.4. The van der Waals surface area contributed by atoms with E-state index in [4.69, 9.17) is 9.47 Å². The van der Waals surface area contributed by atoms with Gasteiger partial charge >= 0.3 is 0 Å². The van der Waals surface area contributed by atoms with Crippen molar-refractivity contribution in [2.75, 3.05) is 38.4 Å². The largest absolute Gasteiger partial charge is 0.496 e. The van der Waals surface area contributed by atoms with Crippen LogP contribution in [0.3, 0.4) is 0 Å². The number of hydrogen-bond donors (Lipinski definition) is 1. The van der Waals surface area contributed by atoms with Crippen molar-refractivity contribution in [3.8, 4) is 5.75 Å². The first kappa shape index (κ1) is 22.1. The summed E-state index contributed by atoms with van der Waals surface area (Å²) in [5.41, 5.74) is 1.25. The predicted octanol–water partition coefficient (Wildman–Crippen LogP) is 1.27. The molecule has 2 atom stereocenters. The Labute approximate surface area is 162 Å². The zero-order valence-corrected chi connectivity index (χ0v) is 18.0. The SMILES string of the molecule is CCOCCCN[C@H]1CS(=O)(=O)C[C@@H]1S(=O)(=O)c1cc(C)c(OC)cc1C. The number of sulfone groups is 2. The molecule has 7 nitrogen and oxygen atoms in total. The van der Waals surface area contributed by atoms with Gasteiger partial charge in [0.15, 0.2) is 19.7 Å². The Morgan fingerprint density at radius 2 is 1.89 bits per heavy atom. The zero-order chi connectivity index (χ0) is 20.2. The van der Waals surface area contributed by atoms with E-state index in [2.05, 4.69) is 5.32 Å². The van der Waals surface area contributed by atoms with Crippen LogP contribution >= 0.6 is 0 Å². The Kier molecular flexibility index (Phi) is 7.29. The second-order valence-electron chi connectivity index (χ2n) is 6.86. The summed E-state index contributed by atoms with van der Waals surface area (Å²) in [7, 11) is -5.70. The van der Waals surface area contributed by atoms with Crippen LogP contribution in [0.4, 0.5) is 0 Å². The number of methoxy groups -OCH3 is 1. The van der Waals surface area contributed by atoms with Gasteiger partial charge in [0.05, 0.1) is 28.8 Å². The highest BCUT2D eigenvalue weighted by molar-refractivity contribution is 7.96. The van der Waals surface area contributed by atoms with Gasteiger partial charge in [0, 0.05) is 19.3 Å². The fourth-order valence-electron chi connectivity index (χ4n) is 3.37. The Morgan fingerprint density at radius 3 is 2.52 bits per heavy atom. The van der Waals surface area contributed by atoms with Crippen molar-refractivity contribution in [2.24, 2.45) is 0 Å². The highest BCUT2D eigenvalue weighted by Gasteiger charge is 2.46. The Hall–Kier alpha value is -1.16. The molecule has 1 fully saturated rings. The van der Waals surface area contributed by atoms with Crippen molar-refractivity contribution >= 4 is 19.7 Å². The number of hydrogen-bond acceptors (Lipinski definition) is 7. The molecule has 0 bridgehead atoms. The van der Waals surface area contributed by atoms with Gasteiger partial charge in [-0.25, -0.2) is 16.8 Å². The molecule has 0 unspecified atom stereocenters. The number of nitrogens with one attached hydrogen (secondary N) is 1. The van der Waals surface area contributed by atoms with E-state index in [0.717, 1.165) is 0 Å². The average Bonchev–Trinajstić information content (AvgIpc) is 2.91. The van der Waals surface area contributed by atoms with Gasteiger partial charge < -0.3 is 14.8 Å². The molecule has 1 saturated heterocycles. The van der Waals surface area contributed by atoms with Crippen molar-refractivity contribution in [1.82, 2.24) is 5.32 Å². The number of aryl methyl sites for hydroxylation is 2. The van der Waals surface area contributed by atoms with Gasteiger partial charge in [0.25, 0.3) is 0 Å². The molecule has 0 radical (unpaired) electrons. The summed E-state index contributed by atoms with van der Waals surface area (Å²) >= 11 is 0. The maximum absolute atomic E-state index is 13.3. The quantitative estimate of drug-likeness (QED) is 0.602. The third-order valence-electron chi connectivity index (χ3n) is 4.77. The normalized spacial score (nSPS) is 22.1. The van der Waals surface area contributed by atoms with Gasteiger partial charge in [-0.3, -0.25) is 0 Å². The van der Waals surface area contributed by atoms with Crippen LogP contribution < -0.4 is 10.1 Å². The van der Waals surface area contributed by atoms with Crippen LogP contribution in [0.25, 0.3) is 0 Å². The third kappa shape index (κ3) is 5.22. The Balaban J connectivity index is 2.27. The molecule has 9 heteroatoms. The number of benzene rings is 1. The lowest BCUT2D eigenvalue weighted by atomic mass is 10.1. The molecule has 0 aromatic heterocycles. The summed E-state index contributed by atoms with van der Waals surface area (Å²) in [6.45, 7) is 7.04. The predicted molar refractivity (Wildman–Crippen MR) is 105 cm³/mol. The molecule has 2 rings (SSSR count). The molecule has 1 aromatic rings. The van der Waals surface area contributed by atoms with Crippen LogP contribution in [0.2, 0.25) is 0 Å². The van der Waals surface area contributed by atoms with E-state index in [1.807, 2.05) is 6.92 Å². The molecule has 0 saturated carbocycles. The lowest BCUT2D eigenvalue weighted by molar-refractivity contribution is 0.144. The number of ether oxygens (including phenoxy) is 2. The minimum Gasteiger partial charge on any atom is -0.496 e. The van der Waals surface area contributed by atoms with Gasteiger partial charge in [-0.2, -0.15) is 0 Å². The lowest BCUT2D eigenvalue weighted by Crippen LogP contribution is -2.44. The fourth-order valence-corrected chi connectivity index (χ4v) is 8.40. The monoisotopic (exact) mass is 419 g/mol. The Morgan fingerprint density at radius 1 is 1.19 bits per heavy atom. The van der Waals surface area contributed by atoms with Crippen molar-refractivity contribution in [3.05, 3.63) is 23.3 Å². The molecule has 0 aliphatic carbocycles. The van der Waals surface area contributed by atoms with Crippen LogP contribution in [-0.2, 0) is 24.4 Å². The molecular weight excluding hydrogens is 390 g/mol. The van der Waals surface area contributed by atoms with Gasteiger partial charge in [0.1, 0.15) is 5.75 Å². The fraction of sp³-hybridized carbons (Fsp3) is 0.667. The summed E-state index contributed by atoms with van der Waals surface area (Å²) in [6.07, 6.45) is 0.692. The smallest absolute Gasteiger partial charge is 0.184 e. The lowest BCUT2D eigenvalue weighted by Gasteiger charge is -2.21. The first-order valence-corrected chi connectivity index (χ1v) is 12.4. The topological polar surface area (TPSA) is 98.8 Å². The van der Waals surface area contributed by atoms with Crippen molar-refractivity contribution in [1.29, 1.82) is 0 Å². The van der Waals surface area contributed by atoms with Gasteiger partial charge in [-0.1, -0.05) is 0 Å². The standard InChI is InChI=1S/C18H29NO6S2/c1-5-25-8-6-7-19-15-11-26(20,21)12-18(15)27(22,23)17-10-13(2)16(24-4)9-14(17)3/h9-10,15,18-19H,5-8,11-12H2,1-4H3/t15-,18-/m0/s1. The maximum atomic E-state index is 13.3. The van der Waals surface area contributed by atoms with E-state index in [-0.39, 0.29) is 16.4 Å². The molecule has 1 aliphatic heterocycles. The Bertz CT molecular complexity index is 864. The summed E-state index contributed by atoms with van der Waals surface area (Å²) in [5, 5.41) is 2.12. The van der Waals surface area contributed by atoms with Crippen molar-refractivity contribution in [2.45, 2.75) is 43.4 Å². The molecule has 0 spiro atoms. The summed E-state index contributed by atoms with van der Waals surface area (Å²) in [5.74, 6) is 0.0824. The number of rotatable bonds is 9. The van der Waals surface area contributed by atoms with Crippen LogP contribution in [-0.4, -0.2) is 66.5 Å². The van der Waals surface area contributed by atoms with E-state index in [1.54, 1.807) is 26.0 Å². The minimum atomic E-state index is -3.81. The van der Waals surface area contributed by atoms with E-state index in [9.17, 15) is 16.8 Å². The highest BCUT2D eigenvalue weighted by Crippen LogP contribution is 2.31.